The maximum absolute atomic E-state index is 10.7. The first-order valence-corrected chi connectivity index (χ1v) is 7.06. The molecule has 1 aliphatic carbocycles. The van der Waals surface area contributed by atoms with Gasteiger partial charge < -0.3 is 15.8 Å². The zero-order chi connectivity index (χ0) is 14.4. The van der Waals surface area contributed by atoms with Gasteiger partial charge in [-0.2, -0.15) is 0 Å². The lowest BCUT2D eigenvalue weighted by molar-refractivity contribution is -0.383. The maximum atomic E-state index is 10.7. The van der Waals surface area contributed by atoms with Gasteiger partial charge in [0.15, 0.2) is 0 Å². The Morgan fingerprint density at radius 2 is 2.10 bits per heavy atom. The zero-order valence-electron chi connectivity index (χ0n) is 11.5. The topological polar surface area (TPSA) is 90.4 Å². The van der Waals surface area contributed by atoms with E-state index in [0.29, 0.717) is 19.3 Å². The molecule has 1 aromatic carbocycles. The number of benzene rings is 1. The molecular formula is C14H21N3O3. The van der Waals surface area contributed by atoms with E-state index < -0.39 is 4.92 Å². The Kier molecular flexibility index (Phi) is 5.17. The monoisotopic (exact) mass is 279 g/mol. The van der Waals surface area contributed by atoms with Gasteiger partial charge >= 0.3 is 0 Å². The Morgan fingerprint density at radius 3 is 2.75 bits per heavy atom. The molecule has 20 heavy (non-hydrogen) atoms. The molecule has 1 fully saturated rings. The van der Waals surface area contributed by atoms with Crippen molar-refractivity contribution in [3.8, 4) is 0 Å². The van der Waals surface area contributed by atoms with Gasteiger partial charge in [-0.3, -0.25) is 10.1 Å². The molecule has 0 bridgehead atoms. The molecule has 0 unspecified atom stereocenters. The van der Waals surface area contributed by atoms with Crippen molar-refractivity contribution in [1.29, 1.82) is 0 Å². The molecule has 0 heterocycles. The summed E-state index contributed by atoms with van der Waals surface area (Å²) in [6.45, 7) is 1.31. The van der Waals surface area contributed by atoms with E-state index in [1.807, 2.05) is 0 Å². The molecule has 1 aliphatic rings. The molecule has 0 saturated heterocycles. The van der Waals surface area contributed by atoms with Crippen LogP contribution in [0, 0.1) is 10.1 Å². The van der Waals surface area contributed by atoms with E-state index in [-0.39, 0.29) is 11.4 Å². The minimum Gasteiger partial charge on any atom is -0.393 e. The van der Waals surface area contributed by atoms with Gasteiger partial charge in [-0.15, -0.1) is 0 Å². The lowest BCUT2D eigenvalue weighted by Crippen LogP contribution is -2.20. The van der Waals surface area contributed by atoms with Gasteiger partial charge in [-0.1, -0.05) is 19.3 Å². The van der Waals surface area contributed by atoms with Gasteiger partial charge in [0.25, 0.3) is 5.69 Å². The van der Waals surface area contributed by atoms with Crippen molar-refractivity contribution in [2.75, 3.05) is 24.2 Å². The molecule has 6 heteroatoms. The third-order valence-electron chi connectivity index (χ3n) is 3.56. The van der Waals surface area contributed by atoms with E-state index in [4.69, 9.17) is 10.5 Å². The number of hydrogen-bond donors (Lipinski definition) is 2. The number of rotatable bonds is 6. The number of hydrogen-bond acceptors (Lipinski definition) is 5. The van der Waals surface area contributed by atoms with Gasteiger partial charge in [0.2, 0.25) is 0 Å². The molecule has 110 valence electrons. The Balaban J connectivity index is 1.73. The van der Waals surface area contributed by atoms with E-state index in [1.165, 1.54) is 25.3 Å². The fourth-order valence-corrected chi connectivity index (χ4v) is 2.48. The van der Waals surface area contributed by atoms with Crippen LogP contribution in [0.25, 0.3) is 0 Å². The van der Waals surface area contributed by atoms with Crippen LogP contribution in [0.3, 0.4) is 0 Å². The average molecular weight is 279 g/mol. The third kappa shape index (κ3) is 4.09. The largest absolute Gasteiger partial charge is 0.393 e. The van der Waals surface area contributed by atoms with Crippen molar-refractivity contribution in [1.82, 2.24) is 0 Å². The number of nitrogen functional groups attached to an aromatic ring is 1. The highest BCUT2D eigenvalue weighted by Crippen LogP contribution is 2.24. The third-order valence-corrected chi connectivity index (χ3v) is 3.56. The van der Waals surface area contributed by atoms with Crippen LogP contribution < -0.4 is 11.1 Å². The molecule has 2 rings (SSSR count). The average Bonchev–Trinajstić information content (AvgIpc) is 2.44. The van der Waals surface area contributed by atoms with Crippen molar-refractivity contribution in [3.63, 3.8) is 0 Å². The summed E-state index contributed by atoms with van der Waals surface area (Å²) in [6, 6.07) is 4.66. The van der Waals surface area contributed by atoms with Gasteiger partial charge in [-0.05, 0) is 25.0 Å². The van der Waals surface area contributed by atoms with Gasteiger partial charge in [-0.25, -0.2) is 0 Å². The molecule has 6 nitrogen and oxygen atoms in total. The summed E-state index contributed by atoms with van der Waals surface area (Å²) in [5.41, 5.74) is 6.52. The second kappa shape index (κ2) is 7.09. The Morgan fingerprint density at radius 1 is 1.35 bits per heavy atom. The molecule has 1 saturated carbocycles. The standard InChI is InChI=1S/C14H21N3O3/c15-13-10-11(6-7-14(13)17(18)19)16-8-9-20-12-4-2-1-3-5-12/h6-7,10,12,16H,1-5,8-9,15H2. The summed E-state index contributed by atoms with van der Waals surface area (Å²) in [5.74, 6) is 0. The molecule has 0 amide bonds. The summed E-state index contributed by atoms with van der Waals surface area (Å²) in [4.78, 5) is 10.2. The van der Waals surface area contributed by atoms with Crippen LogP contribution in [0.1, 0.15) is 32.1 Å². The van der Waals surface area contributed by atoms with E-state index >= 15 is 0 Å². The number of nitrogens with two attached hydrogens (primary N) is 1. The number of nitro benzene ring substituents is 1. The van der Waals surface area contributed by atoms with Crippen molar-refractivity contribution >= 4 is 17.1 Å². The summed E-state index contributed by atoms with van der Waals surface area (Å²) in [6.07, 6.45) is 6.55. The predicted molar refractivity (Wildman–Crippen MR) is 78.8 cm³/mol. The lowest BCUT2D eigenvalue weighted by atomic mass is 9.98. The lowest BCUT2D eigenvalue weighted by Gasteiger charge is -2.22. The Labute approximate surface area is 118 Å². The van der Waals surface area contributed by atoms with Crippen LogP contribution in [0.5, 0.6) is 0 Å². The smallest absolute Gasteiger partial charge is 0.292 e. The van der Waals surface area contributed by atoms with Gasteiger partial charge in [0.1, 0.15) is 5.69 Å². The SMILES string of the molecule is Nc1cc(NCCOC2CCCCC2)ccc1[N+](=O)[O-]. The van der Waals surface area contributed by atoms with E-state index in [2.05, 4.69) is 5.32 Å². The normalized spacial score (nSPS) is 16.0. The number of nitrogens with one attached hydrogen (secondary N) is 1. The van der Waals surface area contributed by atoms with E-state index in [9.17, 15) is 10.1 Å². The summed E-state index contributed by atoms with van der Waals surface area (Å²) in [5, 5.41) is 13.8. The summed E-state index contributed by atoms with van der Waals surface area (Å²) in [7, 11) is 0. The highest BCUT2D eigenvalue weighted by atomic mass is 16.6. The Bertz CT molecular complexity index is 459. The zero-order valence-corrected chi connectivity index (χ0v) is 11.5. The van der Waals surface area contributed by atoms with Crippen molar-refractivity contribution in [2.45, 2.75) is 38.2 Å². The second-order valence-electron chi connectivity index (χ2n) is 5.09. The highest BCUT2D eigenvalue weighted by molar-refractivity contribution is 5.65. The van der Waals surface area contributed by atoms with Crippen LogP contribution in [0.4, 0.5) is 17.1 Å². The minimum absolute atomic E-state index is 0.0611. The number of ether oxygens (including phenoxy) is 1. The van der Waals surface area contributed by atoms with Crippen molar-refractivity contribution in [2.24, 2.45) is 0 Å². The quantitative estimate of drug-likeness (QED) is 0.361. The van der Waals surface area contributed by atoms with Crippen LogP contribution in [0.15, 0.2) is 18.2 Å². The fourth-order valence-electron chi connectivity index (χ4n) is 2.48. The van der Waals surface area contributed by atoms with Crippen LogP contribution in [0.2, 0.25) is 0 Å². The summed E-state index contributed by atoms with van der Waals surface area (Å²) < 4.78 is 5.79. The molecule has 0 atom stereocenters. The first-order valence-electron chi connectivity index (χ1n) is 7.06. The van der Waals surface area contributed by atoms with Crippen molar-refractivity contribution < 1.29 is 9.66 Å². The molecular weight excluding hydrogens is 258 g/mol. The molecule has 3 N–H and O–H groups in total. The van der Waals surface area contributed by atoms with Gasteiger partial charge in [0.05, 0.1) is 17.6 Å². The number of anilines is 2. The first-order chi connectivity index (χ1) is 9.66. The predicted octanol–water partition coefficient (Wildman–Crippen LogP) is 2.94. The van der Waals surface area contributed by atoms with Crippen LogP contribution in [-0.4, -0.2) is 24.2 Å². The fraction of sp³-hybridized carbons (Fsp3) is 0.571. The Hall–Kier alpha value is -1.82. The minimum atomic E-state index is -0.481. The van der Waals surface area contributed by atoms with E-state index in [0.717, 1.165) is 18.5 Å². The molecule has 0 aliphatic heterocycles. The van der Waals surface area contributed by atoms with Crippen molar-refractivity contribution in [3.05, 3.63) is 28.3 Å². The molecule has 1 aromatic rings. The number of nitro groups is 1. The maximum Gasteiger partial charge on any atom is 0.292 e. The molecule has 0 radical (unpaired) electrons. The van der Waals surface area contributed by atoms with Crippen LogP contribution >= 0.6 is 0 Å². The second-order valence-corrected chi connectivity index (χ2v) is 5.09. The first kappa shape index (κ1) is 14.6. The van der Waals surface area contributed by atoms with Gasteiger partial charge in [0, 0.05) is 18.3 Å². The molecule has 0 aromatic heterocycles. The highest BCUT2D eigenvalue weighted by Gasteiger charge is 2.13. The molecule has 0 spiro atoms. The van der Waals surface area contributed by atoms with E-state index in [1.54, 1.807) is 12.1 Å². The van der Waals surface area contributed by atoms with Crippen LogP contribution in [-0.2, 0) is 4.74 Å². The summed E-state index contributed by atoms with van der Waals surface area (Å²) >= 11 is 0. The number of nitrogens with zero attached hydrogens (tertiary/aromatic N) is 1.